The zero-order chi connectivity index (χ0) is 10.0. The van der Waals surface area contributed by atoms with E-state index in [4.69, 9.17) is 5.73 Å². The van der Waals surface area contributed by atoms with E-state index in [1.807, 2.05) is 13.8 Å². The van der Waals surface area contributed by atoms with Crippen LogP contribution in [0, 0.1) is 0 Å². The van der Waals surface area contributed by atoms with Crippen LogP contribution in [0.25, 0.3) is 0 Å². The highest BCUT2D eigenvalue weighted by atomic mass is 79.9. The maximum atomic E-state index is 11.6. The molecule has 13 heavy (non-hydrogen) atoms. The van der Waals surface area contributed by atoms with Gasteiger partial charge in [0.25, 0.3) is 5.56 Å². The lowest BCUT2D eigenvalue weighted by Gasteiger charge is -2.13. The van der Waals surface area contributed by atoms with Crippen LogP contribution in [0.2, 0.25) is 0 Å². The topological polar surface area (TPSA) is 48.0 Å². The van der Waals surface area contributed by atoms with Gasteiger partial charge in [-0.1, -0.05) is 6.92 Å². The molecule has 0 spiro atoms. The number of nitrogens with two attached hydrogens (primary N) is 1. The predicted octanol–water partition coefficient (Wildman–Crippen LogP) is 2.16. The van der Waals surface area contributed by atoms with E-state index in [1.165, 1.54) is 0 Å². The fraction of sp³-hybridized carbons (Fsp3) is 0.444. The standard InChI is InChI=1S/C9H13BrN2O/c1-3-6(2)12-5-7(11)4-8(10)9(12)13/h4-6H,3,11H2,1-2H3. The van der Waals surface area contributed by atoms with E-state index in [1.54, 1.807) is 16.8 Å². The van der Waals surface area contributed by atoms with Gasteiger partial charge in [-0.05, 0) is 35.3 Å². The number of pyridine rings is 1. The SMILES string of the molecule is CCC(C)n1cc(N)cc(Br)c1=O. The minimum atomic E-state index is -0.0245. The van der Waals surface area contributed by atoms with Crippen molar-refractivity contribution in [1.82, 2.24) is 4.57 Å². The van der Waals surface area contributed by atoms with Crippen LogP contribution in [0.5, 0.6) is 0 Å². The Kier molecular flexibility index (Phi) is 3.14. The molecule has 0 fully saturated rings. The molecule has 1 aromatic heterocycles. The highest BCUT2D eigenvalue weighted by Crippen LogP contribution is 2.13. The van der Waals surface area contributed by atoms with Crippen molar-refractivity contribution in [2.45, 2.75) is 26.3 Å². The third-order valence-electron chi connectivity index (χ3n) is 2.09. The van der Waals surface area contributed by atoms with Gasteiger partial charge in [0.05, 0.1) is 4.47 Å². The Balaban J connectivity index is 3.28. The largest absolute Gasteiger partial charge is 0.398 e. The second-order valence-corrected chi connectivity index (χ2v) is 3.95. The average Bonchev–Trinajstić information content (AvgIpc) is 2.10. The molecule has 0 bridgehead atoms. The Morgan fingerprint density at radius 3 is 2.85 bits per heavy atom. The first-order valence-corrected chi connectivity index (χ1v) is 5.02. The van der Waals surface area contributed by atoms with Crippen LogP contribution < -0.4 is 11.3 Å². The smallest absolute Gasteiger partial charge is 0.265 e. The van der Waals surface area contributed by atoms with Gasteiger partial charge in [-0.3, -0.25) is 4.79 Å². The quantitative estimate of drug-likeness (QED) is 0.867. The number of hydrogen-bond donors (Lipinski definition) is 1. The molecule has 1 rings (SSSR count). The van der Waals surface area contributed by atoms with Gasteiger partial charge in [0.1, 0.15) is 0 Å². The molecule has 4 heteroatoms. The second kappa shape index (κ2) is 3.96. The zero-order valence-electron chi connectivity index (χ0n) is 7.75. The van der Waals surface area contributed by atoms with Crippen molar-refractivity contribution >= 4 is 21.6 Å². The van der Waals surface area contributed by atoms with Crippen LogP contribution in [0.4, 0.5) is 5.69 Å². The number of aromatic nitrogens is 1. The zero-order valence-corrected chi connectivity index (χ0v) is 9.34. The molecule has 0 aromatic carbocycles. The average molecular weight is 245 g/mol. The van der Waals surface area contributed by atoms with Crippen LogP contribution in [0.1, 0.15) is 26.3 Å². The Labute approximate surface area is 85.7 Å². The molecule has 72 valence electrons. The first kappa shape index (κ1) is 10.3. The lowest BCUT2D eigenvalue weighted by atomic mass is 10.2. The van der Waals surface area contributed by atoms with E-state index in [0.717, 1.165) is 6.42 Å². The third-order valence-corrected chi connectivity index (χ3v) is 2.65. The molecular weight excluding hydrogens is 232 g/mol. The second-order valence-electron chi connectivity index (χ2n) is 3.09. The van der Waals surface area contributed by atoms with Gasteiger partial charge in [-0.25, -0.2) is 0 Å². The Bertz CT molecular complexity index is 359. The van der Waals surface area contributed by atoms with Crippen molar-refractivity contribution in [3.8, 4) is 0 Å². The first-order valence-electron chi connectivity index (χ1n) is 4.23. The van der Waals surface area contributed by atoms with Gasteiger partial charge < -0.3 is 10.3 Å². The Hall–Kier alpha value is -0.770. The highest BCUT2D eigenvalue weighted by Gasteiger charge is 2.07. The molecule has 1 aromatic rings. The number of rotatable bonds is 2. The van der Waals surface area contributed by atoms with Crippen molar-refractivity contribution in [2.24, 2.45) is 0 Å². The van der Waals surface area contributed by atoms with Gasteiger partial charge in [-0.15, -0.1) is 0 Å². The Morgan fingerprint density at radius 2 is 2.31 bits per heavy atom. The molecule has 1 heterocycles. The summed E-state index contributed by atoms with van der Waals surface area (Å²) < 4.78 is 2.17. The number of hydrogen-bond acceptors (Lipinski definition) is 2. The minimum absolute atomic E-state index is 0.0245. The van der Waals surface area contributed by atoms with Crippen molar-refractivity contribution in [1.29, 1.82) is 0 Å². The van der Waals surface area contributed by atoms with E-state index >= 15 is 0 Å². The van der Waals surface area contributed by atoms with E-state index < -0.39 is 0 Å². The molecule has 0 aliphatic heterocycles. The summed E-state index contributed by atoms with van der Waals surface area (Å²) in [4.78, 5) is 11.6. The molecule has 0 aliphatic rings. The third kappa shape index (κ3) is 2.12. The van der Waals surface area contributed by atoms with Crippen LogP contribution in [-0.2, 0) is 0 Å². The van der Waals surface area contributed by atoms with E-state index in [2.05, 4.69) is 15.9 Å². The van der Waals surface area contributed by atoms with Crippen LogP contribution in [0.3, 0.4) is 0 Å². The summed E-state index contributed by atoms with van der Waals surface area (Å²) in [5.41, 5.74) is 6.21. The van der Waals surface area contributed by atoms with Gasteiger partial charge in [0.2, 0.25) is 0 Å². The maximum Gasteiger partial charge on any atom is 0.265 e. The highest BCUT2D eigenvalue weighted by molar-refractivity contribution is 9.10. The number of nitrogen functional groups attached to an aromatic ring is 1. The fourth-order valence-electron chi connectivity index (χ4n) is 1.11. The van der Waals surface area contributed by atoms with Gasteiger partial charge >= 0.3 is 0 Å². The molecule has 0 amide bonds. The molecule has 0 aliphatic carbocycles. The molecule has 0 saturated heterocycles. The van der Waals surface area contributed by atoms with Crippen molar-refractivity contribution in [2.75, 3.05) is 5.73 Å². The van der Waals surface area contributed by atoms with Gasteiger partial charge in [0.15, 0.2) is 0 Å². The van der Waals surface area contributed by atoms with E-state index in [0.29, 0.717) is 10.2 Å². The molecule has 0 radical (unpaired) electrons. The van der Waals surface area contributed by atoms with Crippen LogP contribution >= 0.6 is 15.9 Å². The molecule has 3 nitrogen and oxygen atoms in total. The normalized spacial score (nSPS) is 12.8. The summed E-state index contributed by atoms with van der Waals surface area (Å²) in [6.45, 7) is 4.03. The molecule has 1 unspecified atom stereocenters. The van der Waals surface area contributed by atoms with Gasteiger partial charge in [0, 0.05) is 17.9 Å². The number of halogens is 1. The lowest BCUT2D eigenvalue weighted by Crippen LogP contribution is -2.23. The number of nitrogens with zero attached hydrogens (tertiary/aromatic N) is 1. The Morgan fingerprint density at radius 1 is 1.69 bits per heavy atom. The van der Waals surface area contributed by atoms with Crippen LogP contribution in [0.15, 0.2) is 21.5 Å². The van der Waals surface area contributed by atoms with Crippen molar-refractivity contribution < 1.29 is 0 Å². The minimum Gasteiger partial charge on any atom is -0.398 e. The number of anilines is 1. The van der Waals surface area contributed by atoms with Gasteiger partial charge in [-0.2, -0.15) is 0 Å². The summed E-state index contributed by atoms with van der Waals surface area (Å²) in [5.74, 6) is 0. The summed E-state index contributed by atoms with van der Waals surface area (Å²) in [5, 5.41) is 0. The molecular formula is C9H13BrN2O. The first-order chi connectivity index (χ1) is 6.06. The summed E-state index contributed by atoms with van der Waals surface area (Å²) in [7, 11) is 0. The summed E-state index contributed by atoms with van der Waals surface area (Å²) in [6, 6.07) is 1.81. The van der Waals surface area contributed by atoms with E-state index in [9.17, 15) is 4.79 Å². The predicted molar refractivity (Wildman–Crippen MR) is 57.8 cm³/mol. The van der Waals surface area contributed by atoms with Crippen LogP contribution in [-0.4, -0.2) is 4.57 Å². The lowest BCUT2D eigenvalue weighted by molar-refractivity contribution is 0.513. The monoisotopic (exact) mass is 244 g/mol. The van der Waals surface area contributed by atoms with Crippen molar-refractivity contribution in [3.05, 3.63) is 27.1 Å². The molecule has 1 atom stereocenters. The van der Waals surface area contributed by atoms with Crippen molar-refractivity contribution in [3.63, 3.8) is 0 Å². The molecule has 2 N–H and O–H groups in total. The summed E-state index contributed by atoms with van der Waals surface area (Å²) >= 11 is 3.18. The fourth-order valence-corrected chi connectivity index (χ4v) is 1.58. The molecule has 0 saturated carbocycles. The van der Waals surface area contributed by atoms with E-state index in [-0.39, 0.29) is 11.6 Å². The maximum absolute atomic E-state index is 11.6. The summed E-state index contributed by atoms with van der Waals surface area (Å²) in [6.07, 6.45) is 2.59.